The summed E-state index contributed by atoms with van der Waals surface area (Å²) in [6.45, 7) is 11.8. The highest BCUT2D eigenvalue weighted by Gasteiger charge is 2.47. The molecule has 6 atom stereocenters. The molecular formula is C67H80N12O8S. The molecule has 5 N–H and O–H groups in total. The number of hydrogen-bond acceptors (Lipinski definition) is 17. The summed E-state index contributed by atoms with van der Waals surface area (Å²) >= 11 is 1.56. The predicted octanol–water partition coefficient (Wildman–Crippen LogP) is 7.64. The van der Waals surface area contributed by atoms with Gasteiger partial charge >= 0.3 is 0 Å². The number of aromatic nitrogens is 4. The van der Waals surface area contributed by atoms with Crippen molar-refractivity contribution in [3.63, 3.8) is 0 Å². The lowest BCUT2D eigenvalue weighted by molar-refractivity contribution is -0.144. The summed E-state index contributed by atoms with van der Waals surface area (Å²) in [5.74, 6) is 0.300. The number of hydrogen-bond donors (Lipinski definition) is 4. The number of carbonyl (C=O) groups is 4. The minimum atomic E-state index is -0.990. The summed E-state index contributed by atoms with van der Waals surface area (Å²) in [4.78, 5) is 79.7. The van der Waals surface area contributed by atoms with Crippen LogP contribution in [0.3, 0.4) is 0 Å². The molecule has 20 nitrogen and oxygen atoms in total. The minimum Gasteiger partial charge on any atom is -0.507 e. The van der Waals surface area contributed by atoms with Crippen molar-refractivity contribution in [2.24, 2.45) is 11.8 Å². The molecule has 2 bridgehead atoms. The number of aliphatic hydroxyl groups is 1. The Morgan fingerprint density at radius 2 is 1.53 bits per heavy atom. The van der Waals surface area contributed by atoms with Crippen LogP contribution in [0.1, 0.15) is 111 Å². The Labute approximate surface area is 518 Å². The lowest BCUT2D eigenvalue weighted by Gasteiger charge is -2.43. The van der Waals surface area contributed by atoms with Crippen LogP contribution >= 0.6 is 11.3 Å². The lowest BCUT2D eigenvalue weighted by Crippen LogP contribution is -2.55. The first-order valence-electron chi connectivity index (χ1n) is 31.6. The van der Waals surface area contributed by atoms with Gasteiger partial charge < -0.3 is 60.1 Å². The minimum absolute atomic E-state index is 0.0333. The number of piperazine rings is 1. The highest BCUT2D eigenvalue weighted by Crippen LogP contribution is 2.41. The molecule has 3 aromatic heterocycles. The van der Waals surface area contributed by atoms with Crippen molar-refractivity contribution in [2.75, 3.05) is 67.9 Å². The normalized spacial score (nSPS) is 24.0. The van der Waals surface area contributed by atoms with Crippen LogP contribution in [0.5, 0.6) is 11.6 Å². The fraction of sp³-hybridized carbons (Fsp3) is 0.493. The van der Waals surface area contributed by atoms with E-state index in [1.165, 1.54) is 4.90 Å². The van der Waals surface area contributed by atoms with Gasteiger partial charge in [-0.2, -0.15) is 0 Å². The van der Waals surface area contributed by atoms with Crippen LogP contribution in [-0.4, -0.2) is 175 Å². The molecule has 4 amide bonds. The summed E-state index contributed by atoms with van der Waals surface area (Å²) in [5.41, 5.74) is 15.5. The van der Waals surface area contributed by atoms with Gasteiger partial charge in [0.1, 0.15) is 23.9 Å². The van der Waals surface area contributed by atoms with Crippen molar-refractivity contribution in [1.82, 2.24) is 45.1 Å². The molecule has 6 aliphatic heterocycles. The summed E-state index contributed by atoms with van der Waals surface area (Å²) in [6, 6.07) is 26.6. The number of nitrogens with two attached hydrogens (primary N) is 1. The number of anilines is 3. The molecule has 0 radical (unpaired) electrons. The average Bonchev–Trinajstić information content (AvgIpc) is 1.95. The van der Waals surface area contributed by atoms with Gasteiger partial charge in [-0.3, -0.25) is 19.2 Å². The van der Waals surface area contributed by atoms with E-state index in [1.54, 1.807) is 34.4 Å². The van der Waals surface area contributed by atoms with Crippen LogP contribution < -0.4 is 25.6 Å². The number of aliphatic hydroxyl groups excluding tert-OH is 1. The van der Waals surface area contributed by atoms with Crippen LogP contribution in [0.25, 0.3) is 21.7 Å². The van der Waals surface area contributed by atoms with E-state index in [2.05, 4.69) is 52.3 Å². The Kier molecular flexibility index (Phi) is 17.1. The van der Waals surface area contributed by atoms with Crippen LogP contribution in [0.2, 0.25) is 0 Å². The summed E-state index contributed by atoms with van der Waals surface area (Å²) in [6.07, 6.45) is 9.00. The molecule has 5 saturated heterocycles. The number of benzene rings is 3. The number of phenols is 1. The van der Waals surface area contributed by atoms with E-state index in [0.29, 0.717) is 54.1 Å². The second-order valence-corrected chi connectivity index (χ2v) is 26.5. The van der Waals surface area contributed by atoms with Gasteiger partial charge in [0.25, 0.3) is 5.91 Å². The third-order valence-electron chi connectivity index (χ3n) is 19.5. The number of fused-ring (bicyclic) bond motifs is 3. The number of piperidine rings is 2. The molecule has 462 valence electrons. The molecule has 21 heteroatoms. The number of aryl methyl sites for hydroxylation is 1. The van der Waals surface area contributed by atoms with Crippen LogP contribution in [0.4, 0.5) is 17.2 Å². The first-order chi connectivity index (χ1) is 42.7. The molecule has 3 aromatic carbocycles. The Hall–Kier alpha value is -7.72. The zero-order valence-corrected chi connectivity index (χ0v) is 51.2. The van der Waals surface area contributed by atoms with Gasteiger partial charge in [0, 0.05) is 119 Å². The smallest absolute Gasteiger partial charge is 0.255 e. The number of likely N-dealkylation sites (tertiary alicyclic amines) is 3. The molecule has 9 heterocycles. The number of thiazole rings is 1. The fourth-order valence-corrected chi connectivity index (χ4v) is 15.6. The second-order valence-electron chi connectivity index (χ2n) is 25.7. The summed E-state index contributed by atoms with van der Waals surface area (Å²) in [7, 11) is 0. The number of rotatable bonds is 18. The monoisotopic (exact) mass is 1210 g/mol. The molecular weight excluding hydrogens is 1130 g/mol. The zero-order chi connectivity index (χ0) is 60.7. The quantitative estimate of drug-likeness (QED) is 0.0647. The number of pyridine rings is 1. The van der Waals surface area contributed by atoms with Gasteiger partial charge in [0.15, 0.2) is 5.82 Å². The van der Waals surface area contributed by atoms with Gasteiger partial charge in [0.05, 0.1) is 58.2 Å². The highest BCUT2D eigenvalue weighted by molar-refractivity contribution is 7.13. The Bertz CT molecular complexity index is 3500. The first kappa shape index (κ1) is 59.3. The van der Waals surface area contributed by atoms with E-state index in [0.717, 1.165) is 123 Å². The van der Waals surface area contributed by atoms with Gasteiger partial charge in [-0.05, 0) is 104 Å². The molecule has 13 rings (SSSR count). The maximum Gasteiger partial charge on any atom is 0.255 e. The maximum atomic E-state index is 14.6. The van der Waals surface area contributed by atoms with Gasteiger partial charge in [-0.25, -0.2) is 9.97 Å². The predicted molar refractivity (Wildman–Crippen MR) is 335 cm³/mol. The van der Waals surface area contributed by atoms with Crippen molar-refractivity contribution in [1.29, 1.82) is 0 Å². The first-order valence-corrected chi connectivity index (χ1v) is 32.5. The SMILES string of the molecule is Cc1ncsc1-c1ccc([C@H](CC(=O)N2CCC(CN3CCC(O[C@H]4C[C@H](Oc5cc(N6C7CCC6CN(c6cc(-c8ccccc8O)nnc6N)C7)ccn5)C4)CC3)CC2)NC(=O)[C@@H]2C[C@@H](O)CN2C(=O)[C@H](C(C)C)N2Cc3ccccc3C2=O)cc1. The second kappa shape index (κ2) is 25.4. The molecule has 1 aliphatic carbocycles. The summed E-state index contributed by atoms with van der Waals surface area (Å²) < 4.78 is 13.1. The highest BCUT2D eigenvalue weighted by atomic mass is 32.1. The van der Waals surface area contributed by atoms with E-state index in [1.807, 2.05) is 98.0 Å². The van der Waals surface area contributed by atoms with E-state index in [-0.39, 0.29) is 79.2 Å². The number of carbonyl (C=O) groups excluding carboxylic acids is 4. The number of para-hydroxylation sites is 1. The number of nitrogens with zero attached hydrogens (tertiary/aromatic N) is 10. The number of phenolic OH excluding ortho intramolecular Hbond substituents is 1. The van der Waals surface area contributed by atoms with E-state index in [9.17, 15) is 29.4 Å². The average molecular weight is 1210 g/mol. The van der Waals surface area contributed by atoms with Crippen LogP contribution in [-0.2, 0) is 25.7 Å². The third kappa shape index (κ3) is 12.4. The molecule has 88 heavy (non-hydrogen) atoms. The molecule has 7 aliphatic rings. The van der Waals surface area contributed by atoms with Crippen molar-refractivity contribution in [3.05, 3.63) is 125 Å². The number of ether oxygens (including phenoxy) is 2. The Morgan fingerprint density at radius 3 is 2.24 bits per heavy atom. The van der Waals surface area contributed by atoms with Gasteiger partial charge in [0.2, 0.25) is 23.6 Å². The number of β-amino-alcohol motifs (C(OH)–C–C–N with tert-alkyl or cyclic N) is 1. The fourth-order valence-electron chi connectivity index (χ4n) is 14.8. The van der Waals surface area contributed by atoms with E-state index < -0.39 is 30.1 Å². The van der Waals surface area contributed by atoms with Gasteiger partial charge in [-0.15, -0.1) is 21.5 Å². The topological polar surface area (TPSA) is 236 Å². The maximum absolute atomic E-state index is 14.6. The van der Waals surface area contributed by atoms with Gasteiger partial charge in [-0.1, -0.05) is 68.4 Å². The lowest BCUT2D eigenvalue weighted by atomic mass is 9.91. The number of amides is 4. The molecule has 1 saturated carbocycles. The standard InChI is InChI=1S/C67H80N12O8S/c1-40(2)62(78-35-45-8-4-5-9-53(45)66(78)84)67(85)77-38-49(80)29-58(77)65(83)71-55(43-12-14-44(15-13-43)63-41(3)70-39-88-63)33-61(82)75-26-19-42(20-27-75)34-74-24-21-50(22-25-74)86-51-30-52(31-51)87-60-28-46(18-23-69-60)79-47-16-17-48(79)37-76(36-47)57-32-56(72-73-64(57)68)54-10-6-7-11-59(54)81/h4-15,18,23,28,32,39-40,42,47-52,55,58,62,80-81H,16-17,19-22,24-27,29-31,33-38H2,1-3H3,(H2,68,73)(H,71,83)/t47?,48?,49-,51-,52-,55+,58+,62+/m1/s1. The zero-order valence-electron chi connectivity index (χ0n) is 50.4. The van der Waals surface area contributed by atoms with E-state index in [4.69, 9.17) is 15.2 Å². The Morgan fingerprint density at radius 1 is 0.807 bits per heavy atom. The third-order valence-corrected chi connectivity index (χ3v) is 20.5. The molecule has 2 unspecified atom stereocenters. The van der Waals surface area contributed by atoms with Crippen molar-refractivity contribution in [3.8, 4) is 33.3 Å². The van der Waals surface area contributed by atoms with E-state index >= 15 is 0 Å². The Balaban J connectivity index is 0.566. The number of nitrogens with one attached hydrogen (secondary N) is 1. The molecule has 6 aromatic rings. The molecule has 0 spiro atoms. The summed E-state index contributed by atoms with van der Waals surface area (Å²) in [5, 5.41) is 33.3. The molecule has 6 fully saturated rings. The van der Waals surface area contributed by atoms with Crippen LogP contribution in [0, 0.1) is 18.8 Å². The van der Waals surface area contributed by atoms with Crippen LogP contribution in [0.15, 0.2) is 103 Å². The number of nitrogen functional groups attached to an aromatic ring is 1. The number of aromatic hydroxyl groups is 1. The largest absolute Gasteiger partial charge is 0.507 e. The van der Waals surface area contributed by atoms with Crippen molar-refractivity contribution in [2.45, 2.75) is 146 Å². The van der Waals surface area contributed by atoms with Crippen molar-refractivity contribution < 1.29 is 38.9 Å². The van der Waals surface area contributed by atoms with Crippen molar-refractivity contribution >= 4 is 52.2 Å².